The molecule has 0 aromatic carbocycles. The van der Waals surface area contributed by atoms with E-state index in [0.717, 1.165) is 24.5 Å². The van der Waals surface area contributed by atoms with Crippen LogP contribution in [0.1, 0.15) is 162 Å². The zero-order chi connectivity index (χ0) is 72.8. The van der Waals surface area contributed by atoms with Crippen LogP contribution in [-0.4, -0.2) is 267 Å². The molecule has 0 radical (unpaired) electrons. The van der Waals surface area contributed by atoms with Crippen LogP contribution in [0, 0.1) is 5.92 Å². The van der Waals surface area contributed by atoms with E-state index in [-0.39, 0.29) is 96.9 Å². The van der Waals surface area contributed by atoms with Gasteiger partial charge in [-0.05, 0) is 115 Å². The minimum absolute atomic E-state index is 0.00122. The van der Waals surface area contributed by atoms with Crippen molar-refractivity contribution in [2.45, 2.75) is 234 Å². The summed E-state index contributed by atoms with van der Waals surface area (Å²) in [5.74, 6) is -19.5. The Morgan fingerprint density at radius 2 is 0.602 bits per heavy atom. The van der Waals surface area contributed by atoms with Crippen LogP contribution in [0.5, 0.6) is 0 Å². The van der Waals surface area contributed by atoms with Gasteiger partial charge in [0.2, 0.25) is 70.9 Å². The van der Waals surface area contributed by atoms with Gasteiger partial charge in [-0.3, -0.25) is 81.5 Å². The molecule has 5 saturated heterocycles. The number of likely N-dealkylation sites (tertiary alicyclic amines) is 5. The van der Waals surface area contributed by atoms with Crippen molar-refractivity contribution in [1.82, 2.24) is 56.4 Å². The third-order valence-electron chi connectivity index (χ3n) is 17.9. The molecular weight excluding hydrogens is 1300 g/mol. The summed E-state index contributed by atoms with van der Waals surface area (Å²) in [6.45, 7) is 3.06. The van der Waals surface area contributed by atoms with Gasteiger partial charge in [0.1, 0.15) is 66.5 Å². The van der Waals surface area contributed by atoms with E-state index in [1.54, 1.807) is 13.8 Å². The lowest BCUT2D eigenvalue weighted by molar-refractivity contribution is -0.150. The minimum atomic E-state index is -1.68. The van der Waals surface area contributed by atoms with E-state index in [4.69, 9.17) is 16.6 Å². The van der Waals surface area contributed by atoms with Crippen molar-refractivity contribution >= 4 is 107 Å². The molecule has 37 heteroatoms. The van der Waals surface area contributed by atoms with Crippen molar-refractivity contribution in [2.24, 2.45) is 17.4 Å². The van der Waals surface area contributed by atoms with Crippen molar-refractivity contribution in [3.05, 3.63) is 0 Å². The molecule has 5 aliphatic heterocycles. The molecule has 544 valence electrons. The van der Waals surface area contributed by atoms with E-state index in [2.05, 4.69) is 31.9 Å². The van der Waals surface area contributed by atoms with E-state index in [9.17, 15) is 112 Å². The molecule has 0 bridgehead atoms. The number of carboxylic acid groups (broad SMARTS) is 6. The van der Waals surface area contributed by atoms with Gasteiger partial charge in [-0.2, -0.15) is 0 Å². The fraction of sp³-hybridized carbons (Fsp3) is 0.705. The number of hydrogen-bond acceptors (Lipinski definition) is 19. The Kier molecular flexibility index (Phi) is 30.1. The normalized spacial score (nSPS) is 21.1. The highest BCUT2D eigenvalue weighted by molar-refractivity contribution is 6.00. The first-order valence-electron chi connectivity index (χ1n) is 32.9. The van der Waals surface area contributed by atoms with E-state index >= 15 is 0 Å². The van der Waals surface area contributed by atoms with Crippen LogP contribution in [0.25, 0.3) is 0 Å². The third-order valence-corrected chi connectivity index (χ3v) is 17.9. The van der Waals surface area contributed by atoms with Gasteiger partial charge in [0, 0.05) is 71.2 Å². The zero-order valence-corrected chi connectivity index (χ0v) is 54.7. The lowest BCUT2D eigenvalue weighted by Crippen LogP contribution is -2.60. The van der Waals surface area contributed by atoms with Crippen LogP contribution in [0.15, 0.2) is 0 Å². The molecule has 0 aromatic rings. The quantitative estimate of drug-likeness (QED) is 0.0279. The van der Waals surface area contributed by atoms with E-state index in [1.165, 1.54) is 0 Å². The molecule has 0 spiro atoms. The Morgan fingerprint density at radius 3 is 0.908 bits per heavy atom. The Hall–Kier alpha value is -9.58. The van der Waals surface area contributed by atoms with Gasteiger partial charge in [0.05, 0.1) is 6.04 Å². The molecule has 0 unspecified atom stereocenters. The van der Waals surface area contributed by atoms with Gasteiger partial charge in [0.25, 0.3) is 0 Å². The summed E-state index contributed by atoms with van der Waals surface area (Å²) in [6, 6.07) is -17.5. The molecule has 5 fully saturated rings. The number of aliphatic carboxylic acids is 6. The number of carbonyl (C=O) groups excluding carboxylic acids is 12. The lowest BCUT2D eigenvalue weighted by Gasteiger charge is -2.33. The number of amides is 12. The second kappa shape index (κ2) is 37.2. The first-order valence-corrected chi connectivity index (χ1v) is 32.9. The van der Waals surface area contributed by atoms with Crippen molar-refractivity contribution < 1.29 is 117 Å². The largest absolute Gasteiger partial charge is 0.481 e. The number of primary amides is 1. The maximum atomic E-state index is 14.6. The molecule has 12 amide bonds. The molecule has 16 N–H and O–H groups in total. The molecule has 12 atom stereocenters. The van der Waals surface area contributed by atoms with Crippen molar-refractivity contribution in [1.29, 1.82) is 0 Å². The fourth-order valence-electron chi connectivity index (χ4n) is 12.9. The average molecular weight is 1390 g/mol. The van der Waals surface area contributed by atoms with E-state index in [1.807, 2.05) is 0 Å². The standard InChI is InChI=1S/C61H91N13O24/c1-31(2)30-38(51(87)65-34(15-21-46(78)79)57(93)72-27-5-10-41(72)55(91)68-37(18-24-49(84)85)60(96)74-29-7-12-43(74)61(97)98)69-50(86)33(14-19-44(63)75)64-52(88)40-9-4-26-71(40)58(94)36(17-23-48(82)83)67-54(90)42-11-6-28-73(42)59(95)35(16-22-47(80)81)66-53(89)39-8-3-25-70(39)56(92)32(62)13-20-45(76)77/h31-43H,3-30,62H2,1-2H3,(H2,63,75)(H,64,88)(H,65,87)(H,66,89)(H,67,90)(H,68,91)(H,69,86)(H,76,77)(H,78,79)(H,80,81)(H,82,83)(H,84,85)(H,97,98)/t32-,33-,34-,35-,36-,37-,38-,39-,40-,41-,42-,43-/m0/s1. The summed E-state index contributed by atoms with van der Waals surface area (Å²) in [5, 5.41) is 72.3. The smallest absolute Gasteiger partial charge is 0.326 e. The fourth-order valence-corrected chi connectivity index (χ4v) is 12.9. The van der Waals surface area contributed by atoms with Gasteiger partial charge in [-0.15, -0.1) is 0 Å². The first kappa shape index (κ1) is 79.1. The second-order valence-electron chi connectivity index (χ2n) is 25.6. The highest BCUT2D eigenvalue weighted by atomic mass is 16.4. The number of nitrogens with zero attached hydrogens (tertiary/aromatic N) is 5. The second-order valence-corrected chi connectivity index (χ2v) is 25.6. The summed E-state index contributed by atoms with van der Waals surface area (Å²) in [7, 11) is 0. The van der Waals surface area contributed by atoms with E-state index in [0.29, 0.717) is 12.8 Å². The van der Waals surface area contributed by atoms with Gasteiger partial charge < -0.3 is 98.5 Å². The monoisotopic (exact) mass is 1390 g/mol. The predicted octanol–water partition coefficient (Wildman–Crippen LogP) is -4.10. The highest BCUT2D eigenvalue weighted by Gasteiger charge is 2.46. The van der Waals surface area contributed by atoms with Gasteiger partial charge in [-0.25, -0.2) is 4.79 Å². The van der Waals surface area contributed by atoms with Crippen molar-refractivity contribution in [3.63, 3.8) is 0 Å². The van der Waals surface area contributed by atoms with Crippen LogP contribution in [0.4, 0.5) is 0 Å². The number of rotatable bonds is 38. The van der Waals surface area contributed by atoms with Crippen LogP contribution in [0.2, 0.25) is 0 Å². The highest BCUT2D eigenvalue weighted by Crippen LogP contribution is 2.27. The maximum Gasteiger partial charge on any atom is 0.326 e. The van der Waals surface area contributed by atoms with Crippen molar-refractivity contribution in [2.75, 3.05) is 32.7 Å². The van der Waals surface area contributed by atoms with Gasteiger partial charge >= 0.3 is 35.8 Å². The molecule has 0 aliphatic carbocycles. The third kappa shape index (κ3) is 22.8. The SMILES string of the molecule is CC(C)C[C@H](NC(=O)[C@H](CCC(N)=O)NC(=O)[C@@H]1CCCN1C(=O)[C@H](CCC(=O)O)NC(=O)[C@@H]1CCCN1C(=O)[C@H](CCC(=O)O)NC(=O)[C@@H]1CCCN1C(=O)[C@@H](N)CCC(=O)O)C(=O)N[C@@H](CCC(=O)O)C(=O)N1CCC[C@H]1C(=O)N[C@@H](CCC(=O)O)C(=O)N1CCC[C@H]1C(=O)O. The van der Waals surface area contributed by atoms with Crippen LogP contribution in [-0.2, 0) is 86.3 Å². The van der Waals surface area contributed by atoms with Crippen LogP contribution < -0.4 is 43.4 Å². The molecular formula is C61H91N13O24. The number of nitrogens with one attached hydrogen (secondary N) is 6. The summed E-state index contributed by atoms with van der Waals surface area (Å²) in [5.41, 5.74) is 11.4. The average Bonchev–Trinajstić information content (AvgIpc) is 1.58. The molecule has 5 rings (SSSR count). The number of hydrogen-bond donors (Lipinski definition) is 14. The Bertz CT molecular complexity index is 3040. The Balaban J connectivity index is 1.31. The molecule has 5 aliphatic rings. The predicted molar refractivity (Wildman–Crippen MR) is 333 cm³/mol. The molecule has 37 nitrogen and oxygen atoms in total. The topological polar surface area (TPSA) is 569 Å². The van der Waals surface area contributed by atoms with Crippen LogP contribution >= 0.6 is 0 Å². The Labute approximate surface area is 562 Å². The van der Waals surface area contributed by atoms with Crippen LogP contribution in [0.3, 0.4) is 0 Å². The summed E-state index contributed by atoms with van der Waals surface area (Å²) >= 11 is 0. The summed E-state index contributed by atoms with van der Waals surface area (Å²) in [4.78, 5) is 244. The molecule has 98 heavy (non-hydrogen) atoms. The Morgan fingerprint density at radius 1 is 0.347 bits per heavy atom. The lowest BCUT2D eigenvalue weighted by atomic mass is 10.0. The van der Waals surface area contributed by atoms with Gasteiger partial charge in [0.15, 0.2) is 0 Å². The van der Waals surface area contributed by atoms with E-state index < -0.39 is 256 Å². The molecule has 0 saturated carbocycles. The number of carbonyl (C=O) groups is 18. The summed E-state index contributed by atoms with van der Waals surface area (Å²) in [6.07, 6.45) is -5.12. The first-order chi connectivity index (χ1) is 46.2. The molecule has 5 heterocycles. The minimum Gasteiger partial charge on any atom is -0.481 e. The number of carboxylic acids is 6. The molecule has 0 aromatic heterocycles. The number of nitrogens with two attached hydrogens (primary N) is 2. The maximum absolute atomic E-state index is 14.6. The summed E-state index contributed by atoms with van der Waals surface area (Å²) < 4.78 is 0. The van der Waals surface area contributed by atoms with Gasteiger partial charge in [-0.1, -0.05) is 13.8 Å². The zero-order valence-electron chi connectivity index (χ0n) is 54.7. The van der Waals surface area contributed by atoms with Crippen molar-refractivity contribution in [3.8, 4) is 0 Å².